The summed E-state index contributed by atoms with van der Waals surface area (Å²) in [5, 5.41) is 3.43. The first-order valence-corrected chi connectivity index (χ1v) is 9.05. The monoisotopic (exact) mass is 297 g/mol. The lowest BCUT2D eigenvalue weighted by molar-refractivity contribution is 0.123. The molecule has 0 amide bonds. The molecule has 20 heavy (non-hydrogen) atoms. The van der Waals surface area contributed by atoms with Crippen LogP contribution in [0.1, 0.15) is 24.8 Å². The Morgan fingerprint density at radius 1 is 0.900 bits per heavy atom. The summed E-state index contributed by atoms with van der Waals surface area (Å²) < 4.78 is 16.2. The van der Waals surface area contributed by atoms with Crippen molar-refractivity contribution in [3.05, 3.63) is 29.8 Å². The van der Waals surface area contributed by atoms with Crippen LogP contribution in [-0.4, -0.2) is 36.7 Å². The summed E-state index contributed by atoms with van der Waals surface area (Å²) in [5.74, 6) is 0. The number of anilines is 1. The zero-order valence-electron chi connectivity index (χ0n) is 13.1. The van der Waals surface area contributed by atoms with E-state index in [2.05, 4.69) is 36.5 Å². The quantitative estimate of drug-likeness (QED) is 0.530. The standard InChI is InChI=1S/C15H27NO3Si/c1-14-8-10-15(11-9-14)16-12-6-5-7-13-20(17-2,18-3)19-4/h8-11,16H,5-7,12-13H2,1-4H3. The van der Waals surface area contributed by atoms with Crippen LogP contribution in [0.15, 0.2) is 24.3 Å². The highest BCUT2D eigenvalue weighted by molar-refractivity contribution is 6.60. The van der Waals surface area contributed by atoms with Gasteiger partial charge in [0.15, 0.2) is 0 Å². The van der Waals surface area contributed by atoms with Crippen LogP contribution in [0.5, 0.6) is 0 Å². The molecule has 0 spiro atoms. The summed E-state index contributed by atoms with van der Waals surface area (Å²) in [4.78, 5) is 0. The van der Waals surface area contributed by atoms with E-state index in [-0.39, 0.29) is 0 Å². The Hall–Kier alpha value is -0.883. The summed E-state index contributed by atoms with van der Waals surface area (Å²) in [6, 6.07) is 9.36. The highest BCUT2D eigenvalue weighted by Gasteiger charge is 2.36. The second kappa shape index (κ2) is 9.13. The summed E-state index contributed by atoms with van der Waals surface area (Å²) in [5.41, 5.74) is 2.47. The SMILES string of the molecule is CO[Si](CCCCCNc1ccc(C)cc1)(OC)OC. The molecular weight excluding hydrogens is 270 g/mol. The largest absolute Gasteiger partial charge is 0.500 e. The van der Waals surface area contributed by atoms with Crippen LogP contribution in [0.25, 0.3) is 0 Å². The molecule has 4 nitrogen and oxygen atoms in total. The predicted octanol–water partition coefficient (Wildman–Crippen LogP) is 3.46. The second-order valence-electron chi connectivity index (χ2n) is 4.90. The van der Waals surface area contributed by atoms with Gasteiger partial charge in [0.05, 0.1) is 0 Å². The maximum Gasteiger partial charge on any atom is 0.500 e. The summed E-state index contributed by atoms with van der Waals surface area (Å²) in [7, 11) is 2.63. The minimum absolute atomic E-state index is 0.876. The van der Waals surface area contributed by atoms with Gasteiger partial charge in [0.25, 0.3) is 0 Å². The van der Waals surface area contributed by atoms with Crippen molar-refractivity contribution >= 4 is 14.5 Å². The lowest BCUT2D eigenvalue weighted by Crippen LogP contribution is -2.42. The number of hydrogen-bond acceptors (Lipinski definition) is 4. The van der Waals surface area contributed by atoms with Gasteiger partial charge in [-0.1, -0.05) is 24.1 Å². The van der Waals surface area contributed by atoms with E-state index in [1.807, 2.05) is 0 Å². The molecule has 1 N–H and O–H groups in total. The van der Waals surface area contributed by atoms with Crippen LogP contribution in [0.2, 0.25) is 6.04 Å². The van der Waals surface area contributed by atoms with E-state index in [9.17, 15) is 0 Å². The fourth-order valence-electron chi connectivity index (χ4n) is 2.10. The van der Waals surface area contributed by atoms with Gasteiger partial charge in [0.2, 0.25) is 0 Å². The number of unbranched alkanes of at least 4 members (excludes halogenated alkanes) is 2. The van der Waals surface area contributed by atoms with Crippen molar-refractivity contribution in [2.24, 2.45) is 0 Å². The van der Waals surface area contributed by atoms with Crippen molar-refractivity contribution in [1.29, 1.82) is 0 Å². The Morgan fingerprint density at radius 2 is 1.50 bits per heavy atom. The molecule has 5 heteroatoms. The average Bonchev–Trinajstić information content (AvgIpc) is 2.49. The summed E-state index contributed by atoms with van der Waals surface area (Å²) in [6.07, 6.45) is 3.34. The maximum absolute atomic E-state index is 5.40. The van der Waals surface area contributed by atoms with E-state index in [4.69, 9.17) is 13.3 Å². The van der Waals surface area contributed by atoms with Crippen molar-refractivity contribution in [3.8, 4) is 0 Å². The normalized spacial score (nSPS) is 11.6. The van der Waals surface area contributed by atoms with Crippen molar-refractivity contribution in [2.75, 3.05) is 33.2 Å². The van der Waals surface area contributed by atoms with Gasteiger partial charge in [-0.25, -0.2) is 0 Å². The topological polar surface area (TPSA) is 39.7 Å². The van der Waals surface area contributed by atoms with E-state index >= 15 is 0 Å². The van der Waals surface area contributed by atoms with Crippen molar-refractivity contribution in [1.82, 2.24) is 0 Å². The van der Waals surface area contributed by atoms with Gasteiger partial charge in [-0.2, -0.15) is 0 Å². The van der Waals surface area contributed by atoms with E-state index in [0.717, 1.165) is 31.9 Å². The lowest BCUT2D eigenvalue weighted by Gasteiger charge is -2.24. The van der Waals surface area contributed by atoms with Crippen molar-refractivity contribution in [2.45, 2.75) is 32.2 Å². The highest BCUT2D eigenvalue weighted by atomic mass is 28.4. The van der Waals surface area contributed by atoms with Gasteiger partial charge in [-0.3, -0.25) is 0 Å². The van der Waals surface area contributed by atoms with Crippen LogP contribution in [0.3, 0.4) is 0 Å². The third-order valence-electron chi connectivity index (χ3n) is 3.47. The second-order valence-corrected chi connectivity index (χ2v) is 7.99. The van der Waals surface area contributed by atoms with Crippen LogP contribution in [0.4, 0.5) is 5.69 Å². The Morgan fingerprint density at radius 3 is 2.05 bits per heavy atom. The summed E-state index contributed by atoms with van der Waals surface area (Å²) >= 11 is 0. The minimum Gasteiger partial charge on any atom is -0.385 e. The van der Waals surface area contributed by atoms with E-state index in [1.54, 1.807) is 21.3 Å². The third-order valence-corrected chi connectivity index (χ3v) is 6.31. The molecule has 0 unspecified atom stereocenters. The minimum atomic E-state index is -2.37. The molecule has 0 saturated carbocycles. The van der Waals surface area contributed by atoms with Gasteiger partial charge in [-0.05, 0) is 31.9 Å². The first kappa shape index (κ1) is 17.2. The highest BCUT2D eigenvalue weighted by Crippen LogP contribution is 2.17. The molecular formula is C15H27NO3Si. The number of rotatable bonds is 10. The van der Waals surface area contributed by atoms with Gasteiger partial charge in [0.1, 0.15) is 0 Å². The van der Waals surface area contributed by atoms with Crippen LogP contribution < -0.4 is 5.32 Å². The molecule has 1 rings (SSSR count). The molecule has 0 aliphatic carbocycles. The van der Waals surface area contributed by atoms with Gasteiger partial charge >= 0.3 is 8.80 Å². The van der Waals surface area contributed by atoms with Crippen LogP contribution >= 0.6 is 0 Å². The van der Waals surface area contributed by atoms with E-state index in [0.29, 0.717) is 0 Å². The molecule has 0 aromatic heterocycles. The predicted molar refractivity (Wildman–Crippen MR) is 85.1 cm³/mol. The van der Waals surface area contributed by atoms with E-state index in [1.165, 1.54) is 11.3 Å². The average molecular weight is 297 g/mol. The molecule has 0 fully saturated rings. The first-order chi connectivity index (χ1) is 9.65. The molecule has 0 radical (unpaired) electrons. The number of aryl methyl sites for hydroxylation is 1. The molecule has 114 valence electrons. The Bertz CT molecular complexity index is 358. The number of nitrogens with one attached hydrogen (secondary N) is 1. The molecule has 1 aromatic carbocycles. The van der Waals surface area contributed by atoms with Gasteiger partial charge in [-0.15, -0.1) is 0 Å². The Labute approximate surface area is 123 Å². The Kier molecular flexibility index (Phi) is 7.83. The summed E-state index contributed by atoms with van der Waals surface area (Å²) in [6.45, 7) is 3.09. The fraction of sp³-hybridized carbons (Fsp3) is 0.600. The van der Waals surface area contributed by atoms with Crippen LogP contribution in [-0.2, 0) is 13.3 Å². The third kappa shape index (κ3) is 5.62. The molecule has 0 aliphatic heterocycles. The van der Waals surface area contributed by atoms with Crippen LogP contribution in [0, 0.1) is 6.92 Å². The zero-order chi connectivity index (χ0) is 14.8. The lowest BCUT2D eigenvalue weighted by atomic mass is 10.2. The molecule has 1 aromatic rings. The zero-order valence-corrected chi connectivity index (χ0v) is 14.1. The van der Waals surface area contributed by atoms with Crippen molar-refractivity contribution in [3.63, 3.8) is 0 Å². The molecule has 0 aliphatic rings. The molecule has 0 saturated heterocycles. The number of benzene rings is 1. The van der Waals surface area contributed by atoms with Gasteiger partial charge < -0.3 is 18.6 Å². The van der Waals surface area contributed by atoms with Crippen molar-refractivity contribution < 1.29 is 13.3 Å². The maximum atomic E-state index is 5.40. The molecule has 0 bridgehead atoms. The first-order valence-electron chi connectivity index (χ1n) is 7.12. The molecule has 0 heterocycles. The smallest absolute Gasteiger partial charge is 0.385 e. The van der Waals surface area contributed by atoms with Gasteiger partial charge in [0, 0.05) is 39.6 Å². The van der Waals surface area contributed by atoms with E-state index < -0.39 is 8.80 Å². The Balaban J connectivity index is 2.14. The fourth-order valence-corrected chi connectivity index (χ4v) is 3.90. The number of hydrogen-bond donors (Lipinski definition) is 1. The molecule has 0 atom stereocenters.